The maximum Gasteiger partial charge on any atom is 0.416 e. The van der Waals surface area contributed by atoms with E-state index < -0.39 is 64.8 Å². The van der Waals surface area contributed by atoms with Crippen LogP contribution in [0.4, 0.5) is 32.0 Å². The fourth-order valence-corrected chi connectivity index (χ4v) is 6.85. The molecule has 2 saturated heterocycles. The summed E-state index contributed by atoms with van der Waals surface area (Å²) in [6.07, 6.45) is -7.87. The van der Waals surface area contributed by atoms with Crippen molar-refractivity contribution in [3.63, 3.8) is 0 Å². The van der Waals surface area contributed by atoms with Gasteiger partial charge < -0.3 is 19.0 Å². The van der Waals surface area contributed by atoms with E-state index in [2.05, 4.69) is 0 Å². The molecule has 1 N–H and O–H groups in total. The van der Waals surface area contributed by atoms with Crippen molar-refractivity contribution in [2.24, 2.45) is 17.8 Å². The van der Waals surface area contributed by atoms with Crippen molar-refractivity contribution >= 4 is 23.6 Å². The molecule has 3 aliphatic rings. The van der Waals surface area contributed by atoms with Crippen LogP contribution in [-0.4, -0.2) is 36.2 Å². The number of imide groups is 1. The standard InChI is InChI=1S/C35H31F6NO6/c1-19(11-25-8-9-26(16-43)48-25)7-10-29-30-20(17-46-24-5-3-2-4-6-24)12-27-31(28(30)18-47-29)33(45)42(32(27)44)23-14-21(34(36,37)38)13-22(15-23)35(39,40)41/h2-6,8-9,11,13-15,27-29,31,43H,7,10,12,16-18H2,1H3/b19-11+/t27-,28+,29-,31-/m1/s1. The molecule has 7 nitrogen and oxygen atoms in total. The molecule has 13 heteroatoms. The normalized spacial score (nSPS) is 23.2. The number of rotatable bonds is 9. The van der Waals surface area contributed by atoms with Crippen LogP contribution in [0.5, 0.6) is 5.75 Å². The Morgan fingerprint density at radius 3 is 2.27 bits per heavy atom. The molecule has 3 aromatic rings. The number of hydrogen-bond donors (Lipinski definition) is 1. The van der Waals surface area contributed by atoms with Gasteiger partial charge in [-0.05, 0) is 85.9 Å². The predicted octanol–water partition coefficient (Wildman–Crippen LogP) is 7.59. The van der Waals surface area contributed by atoms with Gasteiger partial charge in [0, 0.05) is 5.92 Å². The summed E-state index contributed by atoms with van der Waals surface area (Å²) in [5.41, 5.74) is -1.59. The van der Waals surface area contributed by atoms with Gasteiger partial charge in [-0.1, -0.05) is 23.8 Å². The van der Waals surface area contributed by atoms with E-state index in [9.17, 15) is 41.0 Å². The molecule has 2 aromatic carbocycles. The Morgan fingerprint density at radius 2 is 1.65 bits per heavy atom. The van der Waals surface area contributed by atoms with E-state index in [1.165, 1.54) is 0 Å². The van der Waals surface area contributed by atoms with Gasteiger partial charge in [0.2, 0.25) is 11.8 Å². The van der Waals surface area contributed by atoms with Gasteiger partial charge in [0.1, 0.15) is 30.5 Å². The summed E-state index contributed by atoms with van der Waals surface area (Å²) < 4.78 is 99.7. The van der Waals surface area contributed by atoms with E-state index in [-0.39, 0.29) is 32.3 Å². The highest BCUT2D eigenvalue weighted by Gasteiger charge is 2.57. The van der Waals surface area contributed by atoms with Crippen molar-refractivity contribution in [1.82, 2.24) is 0 Å². The Labute approximate surface area is 271 Å². The summed E-state index contributed by atoms with van der Waals surface area (Å²) in [7, 11) is 0. The molecule has 0 unspecified atom stereocenters. The maximum atomic E-state index is 13.9. The second-order valence-electron chi connectivity index (χ2n) is 12.2. The third-order valence-electron chi connectivity index (χ3n) is 9.02. The number of fused-ring (bicyclic) bond motifs is 3. The predicted molar refractivity (Wildman–Crippen MR) is 160 cm³/mol. The maximum absolute atomic E-state index is 13.9. The molecule has 0 bridgehead atoms. The van der Waals surface area contributed by atoms with Gasteiger partial charge in [0.25, 0.3) is 0 Å². The minimum Gasteiger partial charge on any atom is -0.489 e. The summed E-state index contributed by atoms with van der Waals surface area (Å²) in [5, 5.41) is 9.27. The van der Waals surface area contributed by atoms with Crippen molar-refractivity contribution in [3.05, 3.63) is 100 Å². The molecule has 0 spiro atoms. The third kappa shape index (κ3) is 6.66. The molecule has 1 aromatic heterocycles. The number of halogens is 6. The van der Waals surface area contributed by atoms with Crippen LogP contribution in [-0.2, 0) is 33.3 Å². The van der Waals surface area contributed by atoms with Gasteiger partial charge in [0.05, 0.1) is 41.4 Å². The topological polar surface area (TPSA) is 89.2 Å². The zero-order valence-electron chi connectivity index (χ0n) is 25.6. The number of aliphatic hydroxyl groups excluding tert-OH is 1. The van der Waals surface area contributed by atoms with Gasteiger partial charge in [0.15, 0.2) is 0 Å². The summed E-state index contributed by atoms with van der Waals surface area (Å²) in [6, 6.07) is 13.1. The zero-order valence-corrected chi connectivity index (χ0v) is 25.6. The molecule has 2 aliphatic heterocycles. The first-order chi connectivity index (χ1) is 22.7. The molecule has 254 valence electrons. The monoisotopic (exact) mass is 675 g/mol. The highest BCUT2D eigenvalue weighted by molar-refractivity contribution is 6.22. The quantitative estimate of drug-likeness (QED) is 0.143. The van der Waals surface area contributed by atoms with Crippen LogP contribution < -0.4 is 9.64 Å². The average molecular weight is 676 g/mol. The largest absolute Gasteiger partial charge is 0.489 e. The number of alkyl halides is 6. The molecule has 3 heterocycles. The SMILES string of the molecule is C/C(=C\c1ccc(CO)o1)CC[C@H]1OC[C@H]2C1=C(COc1ccccc1)C[C@H]1C(=O)N(c3cc(C(F)(F)F)cc(C(F)(F)F)c3)C(=O)[C@H]12. The number of aliphatic hydroxyl groups is 1. The number of anilines is 1. The van der Waals surface area contributed by atoms with Gasteiger partial charge in [-0.3, -0.25) is 9.59 Å². The third-order valence-corrected chi connectivity index (χ3v) is 9.02. The van der Waals surface area contributed by atoms with Crippen molar-refractivity contribution in [2.45, 2.75) is 51.2 Å². The molecule has 0 radical (unpaired) electrons. The number of hydrogen-bond acceptors (Lipinski definition) is 6. The van der Waals surface area contributed by atoms with Crippen LogP contribution in [0.2, 0.25) is 0 Å². The molecule has 1 aliphatic carbocycles. The van der Waals surface area contributed by atoms with Crippen molar-refractivity contribution < 1.29 is 54.9 Å². The lowest BCUT2D eigenvalue weighted by Crippen LogP contribution is -2.35. The number of ether oxygens (including phenoxy) is 2. The molecule has 0 saturated carbocycles. The van der Waals surface area contributed by atoms with Crippen LogP contribution in [0.3, 0.4) is 0 Å². The molecular formula is C35H31F6NO6. The molecule has 2 amide bonds. The first-order valence-electron chi connectivity index (χ1n) is 15.3. The van der Waals surface area contributed by atoms with E-state index in [4.69, 9.17) is 13.9 Å². The van der Waals surface area contributed by atoms with Crippen LogP contribution >= 0.6 is 0 Å². The Balaban J connectivity index is 1.31. The van der Waals surface area contributed by atoms with Crippen LogP contribution in [0.1, 0.15) is 48.8 Å². The lowest BCUT2D eigenvalue weighted by Gasteiger charge is -2.31. The number of carbonyl (C=O) groups excluding carboxylic acids is 2. The highest BCUT2D eigenvalue weighted by Crippen LogP contribution is 2.51. The smallest absolute Gasteiger partial charge is 0.416 e. The van der Waals surface area contributed by atoms with Crippen LogP contribution in [0, 0.1) is 17.8 Å². The number of carbonyl (C=O) groups is 2. The molecule has 4 atom stereocenters. The molecule has 6 rings (SSSR count). The Hall–Kier alpha value is -4.36. The second kappa shape index (κ2) is 12.9. The van der Waals surface area contributed by atoms with Crippen molar-refractivity contribution in [2.75, 3.05) is 18.1 Å². The number of amides is 2. The zero-order chi connectivity index (χ0) is 34.4. The van der Waals surface area contributed by atoms with E-state index >= 15 is 0 Å². The van der Waals surface area contributed by atoms with Crippen molar-refractivity contribution in [3.8, 4) is 5.75 Å². The highest BCUT2D eigenvalue weighted by atomic mass is 19.4. The number of nitrogens with zero attached hydrogens (tertiary/aromatic N) is 1. The van der Waals surface area contributed by atoms with E-state index in [0.29, 0.717) is 52.7 Å². The number of allylic oxidation sites excluding steroid dienone is 1. The summed E-state index contributed by atoms with van der Waals surface area (Å²) in [5.74, 6) is -2.86. The Kier molecular flexibility index (Phi) is 9.03. The lowest BCUT2D eigenvalue weighted by molar-refractivity contribution is -0.143. The van der Waals surface area contributed by atoms with Gasteiger partial charge >= 0.3 is 12.4 Å². The van der Waals surface area contributed by atoms with Crippen LogP contribution in [0.15, 0.2) is 81.8 Å². The first-order valence-corrected chi connectivity index (χ1v) is 15.3. The van der Waals surface area contributed by atoms with Gasteiger partial charge in [-0.25, -0.2) is 4.90 Å². The molecule has 2 fully saturated rings. The second-order valence-corrected chi connectivity index (χ2v) is 12.2. The number of benzene rings is 2. The van der Waals surface area contributed by atoms with Crippen molar-refractivity contribution in [1.29, 1.82) is 0 Å². The summed E-state index contributed by atoms with van der Waals surface area (Å²) in [6.45, 7) is 1.76. The van der Waals surface area contributed by atoms with Gasteiger partial charge in [-0.15, -0.1) is 0 Å². The van der Waals surface area contributed by atoms with Gasteiger partial charge in [-0.2, -0.15) is 26.3 Å². The summed E-state index contributed by atoms with van der Waals surface area (Å²) >= 11 is 0. The fraction of sp³-hybridized carbons (Fsp3) is 0.371. The lowest BCUT2D eigenvalue weighted by atomic mass is 9.69. The number of furan rings is 1. The average Bonchev–Trinajstić information content (AvgIpc) is 3.74. The molecule has 48 heavy (non-hydrogen) atoms. The first kappa shape index (κ1) is 33.5. The number of para-hydroxylation sites is 1. The Bertz CT molecular complexity index is 1730. The summed E-state index contributed by atoms with van der Waals surface area (Å²) in [4.78, 5) is 28.2. The fourth-order valence-electron chi connectivity index (χ4n) is 6.85. The van der Waals surface area contributed by atoms with E-state index in [1.807, 2.05) is 19.1 Å². The molecular weight excluding hydrogens is 644 g/mol. The van der Waals surface area contributed by atoms with E-state index in [0.717, 1.165) is 11.1 Å². The minimum atomic E-state index is -5.15. The minimum absolute atomic E-state index is 0.0283. The van der Waals surface area contributed by atoms with Crippen LogP contribution in [0.25, 0.3) is 6.08 Å². The van der Waals surface area contributed by atoms with E-state index in [1.54, 1.807) is 36.4 Å². The Morgan fingerprint density at radius 1 is 0.958 bits per heavy atom.